The Bertz CT molecular complexity index is 1200. The first-order valence-electron chi connectivity index (χ1n) is 9.77. The van der Waals surface area contributed by atoms with Crippen LogP contribution in [0, 0.1) is 0 Å². The van der Waals surface area contributed by atoms with Crippen molar-refractivity contribution in [3.8, 4) is 22.6 Å². The molecule has 0 saturated heterocycles. The molecule has 5 rings (SSSR count). The number of ether oxygens (including phenoxy) is 2. The Hall–Kier alpha value is -3.51. The lowest BCUT2D eigenvalue weighted by molar-refractivity contribution is -0.144. The quantitative estimate of drug-likeness (QED) is 0.644. The Labute approximate surface area is 183 Å². The van der Waals surface area contributed by atoms with E-state index >= 15 is 0 Å². The Kier molecular flexibility index (Phi) is 4.59. The van der Waals surface area contributed by atoms with E-state index in [0.29, 0.717) is 27.6 Å². The van der Waals surface area contributed by atoms with Crippen LogP contribution in [-0.4, -0.2) is 29.3 Å². The molecule has 156 valence electrons. The maximum Gasteiger partial charge on any atom is 0.330 e. The van der Waals surface area contributed by atoms with Crippen molar-refractivity contribution in [2.45, 2.75) is 18.4 Å². The van der Waals surface area contributed by atoms with Crippen LogP contribution in [0.1, 0.15) is 21.5 Å². The Morgan fingerprint density at radius 1 is 0.935 bits per heavy atom. The maximum absolute atomic E-state index is 13.1. The lowest BCUT2D eigenvalue weighted by Gasteiger charge is -2.25. The third-order valence-corrected chi connectivity index (χ3v) is 6.11. The molecule has 1 amide bonds. The van der Waals surface area contributed by atoms with Crippen molar-refractivity contribution < 1.29 is 24.2 Å². The van der Waals surface area contributed by atoms with Crippen LogP contribution in [0.25, 0.3) is 11.1 Å². The number of hydrogen-bond donors (Lipinski definition) is 2. The molecule has 1 aliphatic carbocycles. The fourth-order valence-electron chi connectivity index (χ4n) is 4.15. The van der Waals surface area contributed by atoms with E-state index in [-0.39, 0.29) is 19.6 Å². The summed E-state index contributed by atoms with van der Waals surface area (Å²) < 4.78 is 10.8. The van der Waals surface area contributed by atoms with Gasteiger partial charge in [-0.15, -0.1) is 0 Å². The van der Waals surface area contributed by atoms with Gasteiger partial charge in [0.2, 0.25) is 6.79 Å². The number of carboxylic acid groups (broad SMARTS) is 1. The van der Waals surface area contributed by atoms with Crippen molar-refractivity contribution in [3.05, 3.63) is 82.4 Å². The van der Waals surface area contributed by atoms with Gasteiger partial charge in [0.25, 0.3) is 5.91 Å². The lowest BCUT2D eigenvalue weighted by atomic mass is 9.94. The van der Waals surface area contributed by atoms with E-state index in [1.54, 1.807) is 30.3 Å². The molecule has 1 aliphatic heterocycles. The number of rotatable bonds is 4. The zero-order valence-electron chi connectivity index (χ0n) is 16.4. The van der Waals surface area contributed by atoms with E-state index in [2.05, 4.69) is 5.32 Å². The molecule has 0 spiro atoms. The number of benzene rings is 3. The van der Waals surface area contributed by atoms with Crippen molar-refractivity contribution >= 4 is 23.5 Å². The van der Waals surface area contributed by atoms with Gasteiger partial charge in [0.15, 0.2) is 11.5 Å². The number of carboxylic acids is 1. The summed E-state index contributed by atoms with van der Waals surface area (Å²) in [7, 11) is 0. The first-order chi connectivity index (χ1) is 14.9. The molecule has 3 aromatic carbocycles. The minimum absolute atomic E-state index is 0.161. The predicted octanol–water partition coefficient (Wildman–Crippen LogP) is 4.09. The minimum Gasteiger partial charge on any atom is -0.479 e. The van der Waals surface area contributed by atoms with Gasteiger partial charge < -0.3 is 19.9 Å². The molecule has 7 heteroatoms. The molecule has 1 heterocycles. The molecule has 3 aromatic rings. The fraction of sp³-hybridized carbons (Fsp3) is 0.167. The van der Waals surface area contributed by atoms with Crippen LogP contribution in [0.2, 0.25) is 5.02 Å². The van der Waals surface area contributed by atoms with Crippen molar-refractivity contribution in [1.82, 2.24) is 5.32 Å². The van der Waals surface area contributed by atoms with Gasteiger partial charge in [-0.1, -0.05) is 41.9 Å². The molecule has 0 unspecified atom stereocenters. The number of hydrogen-bond acceptors (Lipinski definition) is 4. The topological polar surface area (TPSA) is 84.9 Å². The van der Waals surface area contributed by atoms with E-state index in [1.807, 2.05) is 30.3 Å². The summed E-state index contributed by atoms with van der Waals surface area (Å²) in [6.07, 6.45) is 0.486. The van der Waals surface area contributed by atoms with E-state index in [0.717, 1.165) is 16.7 Å². The molecule has 2 aliphatic rings. The maximum atomic E-state index is 13.1. The van der Waals surface area contributed by atoms with Gasteiger partial charge in [0.05, 0.1) is 0 Å². The Morgan fingerprint density at radius 2 is 1.65 bits per heavy atom. The van der Waals surface area contributed by atoms with Gasteiger partial charge in [-0.2, -0.15) is 0 Å². The second kappa shape index (κ2) is 7.32. The third kappa shape index (κ3) is 3.39. The summed E-state index contributed by atoms with van der Waals surface area (Å²) >= 11 is 6.40. The number of aliphatic carboxylic acids is 1. The van der Waals surface area contributed by atoms with Crippen molar-refractivity contribution in [3.63, 3.8) is 0 Å². The normalized spacial score (nSPS) is 15.4. The summed E-state index contributed by atoms with van der Waals surface area (Å²) in [5.74, 6) is -0.259. The average molecular weight is 436 g/mol. The zero-order chi connectivity index (χ0) is 21.6. The highest BCUT2D eigenvalue weighted by atomic mass is 35.5. The van der Waals surface area contributed by atoms with Crippen LogP contribution in [0.5, 0.6) is 11.5 Å². The van der Waals surface area contributed by atoms with Crippen LogP contribution >= 0.6 is 11.6 Å². The lowest BCUT2D eigenvalue weighted by Crippen LogP contribution is -2.55. The number of nitrogens with one attached hydrogen (secondary N) is 1. The molecular formula is C24H18ClNO5. The molecule has 0 bridgehead atoms. The number of halogens is 1. The second-order valence-corrected chi connectivity index (χ2v) is 8.13. The minimum atomic E-state index is -1.38. The van der Waals surface area contributed by atoms with Gasteiger partial charge in [0, 0.05) is 29.0 Å². The van der Waals surface area contributed by atoms with Crippen LogP contribution in [0.15, 0.2) is 60.7 Å². The summed E-state index contributed by atoms with van der Waals surface area (Å²) in [6, 6.07) is 17.8. The summed E-state index contributed by atoms with van der Waals surface area (Å²) in [5.41, 5.74) is 2.23. The Morgan fingerprint density at radius 3 is 2.35 bits per heavy atom. The molecule has 0 saturated carbocycles. The van der Waals surface area contributed by atoms with Crippen LogP contribution < -0.4 is 14.8 Å². The molecule has 31 heavy (non-hydrogen) atoms. The number of amides is 1. The molecular weight excluding hydrogens is 418 g/mol. The van der Waals surface area contributed by atoms with Crippen LogP contribution in [0.4, 0.5) is 0 Å². The van der Waals surface area contributed by atoms with Crippen molar-refractivity contribution in [1.29, 1.82) is 0 Å². The SMILES string of the molecule is O=C(NC1(C(=O)O)Cc2ccccc2C1)c1ccc(Cl)c(-c2ccc3c(c2)OCO3)c1. The van der Waals surface area contributed by atoms with E-state index in [1.165, 1.54) is 0 Å². The Balaban J connectivity index is 1.45. The van der Waals surface area contributed by atoms with Crippen molar-refractivity contribution in [2.75, 3.05) is 6.79 Å². The smallest absolute Gasteiger partial charge is 0.330 e. The molecule has 0 fully saturated rings. The fourth-order valence-corrected chi connectivity index (χ4v) is 4.38. The summed E-state index contributed by atoms with van der Waals surface area (Å²) in [4.78, 5) is 25.2. The first-order valence-corrected chi connectivity index (χ1v) is 10.2. The summed E-state index contributed by atoms with van der Waals surface area (Å²) in [6.45, 7) is 0.161. The van der Waals surface area contributed by atoms with Crippen LogP contribution in [0.3, 0.4) is 0 Å². The highest BCUT2D eigenvalue weighted by molar-refractivity contribution is 6.33. The first kappa shape index (κ1) is 19.5. The highest BCUT2D eigenvalue weighted by Gasteiger charge is 2.45. The van der Waals surface area contributed by atoms with Crippen molar-refractivity contribution in [2.24, 2.45) is 0 Å². The monoisotopic (exact) mass is 435 g/mol. The predicted molar refractivity (Wildman–Crippen MR) is 115 cm³/mol. The highest BCUT2D eigenvalue weighted by Crippen LogP contribution is 2.38. The van der Waals surface area contributed by atoms with Gasteiger partial charge >= 0.3 is 5.97 Å². The van der Waals surface area contributed by atoms with Gasteiger partial charge in [-0.3, -0.25) is 4.79 Å². The number of carbonyl (C=O) groups excluding carboxylic acids is 1. The average Bonchev–Trinajstić information content (AvgIpc) is 3.38. The van der Waals surface area contributed by atoms with E-state index < -0.39 is 17.4 Å². The largest absolute Gasteiger partial charge is 0.479 e. The van der Waals surface area contributed by atoms with Gasteiger partial charge in [-0.25, -0.2) is 4.79 Å². The molecule has 0 radical (unpaired) electrons. The third-order valence-electron chi connectivity index (χ3n) is 5.78. The van der Waals surface area contributed by atoms with E-state index in [4.69, 9.17) is 21.1 Å². The molecule has 0 aromatic heterocycles. The van der Waals surface area contributed by atoms with E-state index in [9.17, 15) is 14.7 Å². The van der Waals surface area contributed by atoms with Gasteiger partial charge in [-0.05, 0) is 47.0 Å². The second-order valence-electron chi connectivity index (χ2n) is 7.73. The summed E-state index contributed by atoms with van der Waals surface area (Å²) in [5, 5.41) is 13.2. The zero-order valence-corrected chi connectivity index (χ0v) is 17.1. The van der Waals surface area contributed by atoms with Crippen LogP contribution in [-0.2, 0) is 17.6 Å². The standard InChI is InChI=1S/C24H18ClNO5/c25-19-7-5-15(9-18(19)14-6-8-20-21(10-14)31-13-30-20)22(27)26-24(23(28)29)11-16-3-1-2-4-17(16)12-24/h1-10H,11-13H2,(H,26,27)(H,28,29). The molecule has 0 atom stereocenters. The number of carbonyl (C=O) groups is 2. The van der Waals surface area contributed by atoms with Gasteiger partial charge in [0.1, 0.15) is 5.54 Å². The molecule has 2 N–H and O–H groups in total. The number of fused-ring (bicyclic) bond motifs is 2. The molecule has 6 nitrogen and oxygen atoms in total.